The normalized spacial score (nSPS) is 20.7. The number of hydrogen-bond acceptors (Lipinski definition) is 6. The monoisotopic (exact) mass is 292 g/mol. The predicted octanol–water partition coefficient (Wildman–Crippen LogP) is -0.00892. The fourth-order valence-corrected chi connectivity index (χ4v) is 2.23. The molecule has 1 aromatic carbocycles. The summed E-state index contributed by atoms with van der Waals surface area (Å²) in [4.78, 5) is 2.05. The molecule has 2 rings (SSSR count). The molecule has 1 aromatic rings. The first-order valence-corrected chi connectivity index (χ1v) is 6.97. The maximum Gasteiger partial charge on any atom is 0.119 e. The number of benzene rings is 1. The second kappa shape index (κ2) is 7.96. The third-order valence-electron chi connectivity index (χ3n) is 3.32. The largest absolute Gasteiger partial charge is 0.491 e. The number of aliphatic hydroxyl groups excluding tert-OH is 2. The molecule has 0 aliphatic carbocycles. The minimum absolute atomic E-state index is 0.00562. The number of morpholine rings is 1. The van der Waals surface area contributed by atoms with Gasteiger partial charge in [0.25, 0.3) is 0 Å². The molecule has 0 spiro atoms. The molecule has 1 saturated heterocycles. The van der Waals surface area contributed by atoms with E-state index >= 15 is 0 Å². The van der Waals surface area contributed by atoms with Gasteiger partial charge in [0, 0.05) is 19.6 Å². The molecule has 1 fully saturated rings. The van der Waals surface area contributed by atoms with Crippen molar-refractivity contribution in [3.8, 4) is 11.8 Å². The van der Waals surface area contributed by atoms with Crippen LogP contribution in [-0.4, -0.2) is 66.8 Å². The average molecular weight is 292 g/mol. The highest BCUT2D eigenvalue weighted by molar-refractivity contribution is 5.34. The van der Waals surface area contributed by atoms with Crippen molar-refractivity contribution >= 4 is 0 Å². The number of nitrogens with zero attached hydrogens (tertiary/aromatic N) is 2. The van der Waals surface area contributed by atoms with Crippen LogP contribution in [0.5, 0.6) is 5.75 Å². The van der Waals surface area contributed by atoms with Gasteiger partial charge in [0.1, 0.15) is 18.5 Å². The average Bonchev–Trinajstić information content (AvgIpc) is 2.53. The van der Waals surface area contributed by atoms with E-state index in [4.69, 9.17) is 19.8 Å². The van der Waals surface area contributed by atoms with Gasteiger partial charge in [0.05, 0.1) is 31.0 Å². The number of ether oxygens (including phenoxy) is 2. The zero-order chi connectivity index (χ0) is 15.1. The summed E-state index contributed by atoms with van der Waals surface area (Å²) in [6, 6.07) is 8.81. The maximum atomic E-state index is 10.0. The number of rotatable bonds is 6. The van der Waals surface area contributed by atoms with Crippen LogP contribution in [0.4, 0.5) is 0 Å². The smallest absolute Gasteiger partial charge is 0.119 e. The lowest BCUT2D eigenvalue weighted by molar-refractivity contribution is -0.0641. The minimum atomic E-state index is -0.613. The minimum Gasteiger partial charge on any atom is -0.491 e. The fourth-order valence-electron chi connectivity index (χ4n) is 2.23. The summed E-state index contributed by atoms with van der Waals surface area (Å²) in [7, 11) is 0. The molecule has 0 saturated carbocycles. The summed E-state index contributed by atoms with van der Waals surface area (Å²) in [5, 5.41) is 27.8. The molecule has 6 heteroatoms. The van der Waals surface area contributed by atoms with E-state index in [1.54, 1.807) is 24.3 Å². The quantitative estimate of drug-likeness (QED) is 0.767. The van der Waals surface area contributed by atoms with Crippen LogP contribution >= 0.6 is 0 Å². The molecular formula is C15H20N2O4. The lowest BCUT2D eigenvalue weighted by Crippen LogP contribution is -2.47. The molecule has 6 nitrogen and oxygen atoms in total. The third-order valence-corrected chi connectivity index (χ3v) is 3.32. The van der Waals surface area contributed by atoms with Crippen LogP contribution in [0.3, 0.4) is 0 Å². The first-order chi connectivity index (χ1) is 10.2. The van der Waals surface area contributed by atoms with E-state index in [2.05, 4.69) is 4.90 Å². The van der Waals surface area contributed by atoms with E-state index in [0.29, 0.717) is 31.0 Å². The van der Waals surface area contributed by atoms with Gasteiger partial charge in [0.15, 0.2) is 0 Å². The van der Waals surface area contributed by atoms with Crippen molar-refractivity contribution in [1.29, 1.82) is 5.26 Å². The van der Waals surface area contributed by atoms with Crippen LogP contribution in [0.2, 0.25) is 0 Å². The van der Waals surface area contributed by atoms with Gasteiger partial charge in [-0.15, -0.1) is 0 Å². The highest BCUT2D eigenvalue weighted by atomic mass is 16.5. The van der Waals surface area contributed by atoms with Crippen LogP contribution in [0.25, 0.3) is 0 Å². The summed E-state index contributed by atoms with van der Waals surface area (Å²) in [5.74, 6) is 0.628. The lowest BCUT2D eigenvalue weighted by atomic mass is 10.2. The van der Waals surface area contributed by atoms with Crippen molar-refractivity contribution in [2.24, 2.45) is 0 Å². The highest BCUT2D eigenvalue weighted by Crippen LogP contribution is 2.12. The zero-order valence-corrected chi connectivity index (χ0v) is 11.8. The molecule has 0 aromatic heterocycles. The Morgan fingerprint density at radius 2 is 2.19 bits per heavy atom. The number of hydrogen-bond donors (Lipinski definition) is 2. The molecule has 1 aliphatic heterocycles. The molecule has 0 radical (unpaired) electrons. The zero-order valence-electron chi connectivity index (χ0n) is 11.8. The Morgan fingerprint density at radius 3 is 2.86 bits per heavy atom. The number of aliphatic hydroxyl groups is 2. The van der Waals surface area contributed by atoms with Crippen LogP contribution < -0.4 is 4.74 Å². The number of nitriles is 1. The van der Waals surface area contributed by atoms with Crippen molar-refractivity contribution in [3.63, 3.8) is 0 Å². The molecule has 1 heterocycles. The summed E-state index contributed by atoms with van der Waals surface area (Å²) < 4.78 is 10.9. The summed E-state index contributed by atoms with van der Waals surface area (Å²) in [6.45, 7) is 2.58. The van der Waals surface area contributed by atoms with E-state index < -0.39 is 6.10 Å². The van der Waals surface area contributed by atoms with Crippen molar-refractivity contribution in [1.82, 2.24) is 4.90 Å². The van der Waals surface area contributed by atoms with E-state index in [9.17, 15) is 5.11 Å². The van der Waals surface area contributed by atoms with Crippen molar-refractivity contribution in [3.05, 3.63) is 29.8 Å². The molecule has 1 aliphatic rings. The Kier molecular flexibility index (Phi) is 5.96. The summed E-state index contributed by atoms with van der Waals surface area (Å²) in [6.07, 6.45) is -0.788. The molecule has 0 bridgehead atoms. The summed E-state index contributed by atoms with van der Waals surface area (Å²) in [5.41, 5.74) is 0.575. The van der Waals surface area contributed by atoms with Crippen LogP contribution in [0.15, 0.2) is 24.3 Å². The van der Waals surface area contributed by atoms with Gasteiger partial charge < -0.3 is 19.7 Å². The topological polar surface area (TPSA) is 86.0 Å². The number of β-amino-alcohol motifs (C(OH)–C–C–N with tert-alkyl or cyclic N) is 1. The standard InChI is InChI=1S/C15H20N2O4/c16-7-12-1-3-14(4-2-12)21-11-13(19)8-17-5-6-20-15(9-17)10-18/h1-4,13,15,18-19H,5-6,8-11H2. The molecule has 2 N–H and O–H groups in total. The molecule has 21 heavy (non-hydrogen) atoms. The van der Waals surface area contributed by atoms with Gasteiger partial charge in [-0.25, -0.2) is 0 Å². The van der Waals surface area contributed by atoms with Gasteiger partial charge in [-0.3, -0.25) is 4.90 Å². The highest BCUT2D eigenvalue weighted by Gasteiger charge is 2.21. The van der Waals surface area contributed by atoms with Crippen molar-refractivity contribution in [2.45, 2.75) is 12.2 Å². The lowest BCUT2D eigenvalue weighted by Gasteiger charge is -2.33. The van der Waals surface area contributed by atoms with E-state index in [0.717, 1.165) is 6.54 Å². The fraction of sp³-hybridized carbons (Fsp3) is 0.533. The molecule has 114 valence electrons. The van der Waals surface area contributed by atoms with Gasteiger partial charge in [-0.2, -0.15) is 5.26 Å². The maximum absolute atomic E-state index is 10.0. The Hall–Kier alpha value is -1.65. The second-order valence-electron chi connectivity index (χ2n) is 5.04. The first-order valence-electron chi connectivity index (χ1n) is 6.97. The predicted molar refractivity (Wildman–Crippen MR) is 75.9 cm³/mol. The Bertz CT molecular complexity index is 472. The van der Waals surface area contributed by atoms with E-state index in [1.807, 2.05) is 6.07 Å². The molecule has 2 unspecified atom stereocenters. The molecule has 2 atom stereocenters. The molecular weight excluding hydrogens is 272 g/mol. The Morgan fingerprint density at radius 1 is 1.43 bits per heavy atom. The molecule has 0 amide bonds. The van der Waals surface area contributed by atoms with Crippen LogP contribution in [-0.2, 0) is 4.74 Å². The first kappa shape index (κ1) is 15.7. The van der Waals surface area contributed by atoms with Crippen LogP contribution in [0, 0.1) is 11.3 Å². The van der Waals surface area contributed by atoms with Gasteiger partial charge in [0.2, 0.25) is 0 Å². The van der Waals surface area contributed by atoms with Gasteiger partial charge in [-0.05, 0) is 24.3 Å². The van der Waals surface area contributed by atoms with E-state index in [1.165, 1.54) is 0 Å². The van der Waals surface area contributed by atoms with Crippen molar-refractivity contribution in [2.75, 3.05) is 39.5 Å². The Labute approximate surface area is 124 Å². The summed E-state index contributed by atoms with van der Waals surface area (Å²) >= 11 is 0. The van der Waals surface area contributed by atoms with Crippen molar-refractivity contribution < 1.29 is 19.7 Å². The SMILES string of the molecule is N#Cc1ccc(OCC(O)CN2CCOC(CO)C2)cc1. The van der Waals surface area contributed by atoms with Gasteiger partial charge in [-0.1, -0.05) is 0 Å². The second-order valence-corrected chi connectivity index (χ2v) is 5.04. The van der Waals surface area contributed by atoms with Crippen LogP contribution in [0.1, 0.15) is 5.56 Å². The van der Waals surface area contributed by atoms with Gasteiger partial charge >= 0.3 is 0 Å². The third kappa shape index (κ3) is 4.99. The van der Waals surface area contributed by atoms with E-state index in [-0.39, 0.29) is 19.3 Å². The Balaban J connectivity index is 1.73.